The SMILES string of the molecule is CCCCN1CCCC(C(=O)OCC)C1. The van der Waals surface area contributed by atoms with Gasteiger partial charge in [0.15, 0.2) is 0 Å². The lowest BCUT2D eigenvalue weighted by atomic mass is 9.98. The van der Waals surface area contributed by atoms with Gasteiger partial charge in [-0.3, -0.25) is 4.79 Å². The van der Waals surface area contributed by atoms with Crippen molar-refractivity contribution in [3.05, 3.63) is 0 Å². The van der Waals surface area contributed by atoms with Gasteiger partial charge in [-0.2, -0.15) is 0 Å². The summed E-state index contributed by atoms with van der Waals surface area (Å²) in [6.45, 7) is 7.76. The third-order valence-electron chi connectivity index (χ3n) is 2.95. The predicted molar refractivity (Wildman–Crippen MR) is 60.7 cm³/mol. The summed E-state index contributed by atoms with van der Waals surface area (Å²) in [6, 6.07) is 0. The van der Waals surface area contributed by atoms with Crippen LogP contribution in [0.25, 0.3) is 0 Å². The summed E-state index contributed by atoms with van der Waals surface area (Å²) in [5.74, 6) is 0.120. The highest BCUT2D eigenvalue weighted by Gasteiger charge is 2.26. The molecule has 0 amide bonds. The van der Waals surface area contributed by atoms with Gasteiger partial charge in [-0.05, 0) is 39.3 Å². The summed E-state index contributed by atoms with van der Waals surface area (Å²) in [4.78, 5) is 14.0. The molecule has 15 heavy (non-hydrogen) atoms. The summed E-state index contributed by atoms with van der Waals surface area (Å²) < 4.78 is 5.07. The molecule has 0 aromatic heterocycles. The predicted octanol–water partition coefficient (Wildman–Crippen LogP) is 2.06. The van der Waals surface area contributed by atoms with Crippen molar-refractivity contribution in [2.45, 2.75) is 39.5 Å². The summed E-state index contributed by atoms with van der Waals surface area (Å²) >= 11 is 0. The Bertz CT molecular complexity index is 194. The van der Waals surface area contributed by atoms with Crippen LogP contribution in [-0.4, -0.2) is 37.1 Å². The normalized spacial score (nSPS) is 22.7. The second-order valence-corrected chi connectivity index (χ2v) is 4.25. The Morgan fingerprint density at radius 1 is 1.47 bits per heavy atom. The minimum absolute atomic E-state index is 0.00121. The minimum atomic E-state index is -0.00121. The highest BCUT2D eigenvalue weighted by molar-refractivity contribution is 5.72. The van der Waals surface area contributed by atoms with Crippen molar-refractivity contribution in [3.8, 4) is 0 Å². The van der Waals surface area contributed by atoms with Crippen molar-refractivity contribution < 1.29 is 9.53 Å². The molecule has 0 aromatic carbocycles. The van der Waals surface area contributed by atoms with E-state index in [9.17, 15) is 4.79 Å². The van der Waals surface area contributed by atoms with Crippen molar-refractivity contribution in [2.75, 3.05) is 26.2 Å². The number of carbonyl (C=O) groups excluding carboxylic acids is 1. The number of nitrogens with zero attached hydrogens (tertiary/aromatic N) is 1. The summed E-state index contributed by atoms with van der Waals surface area (Å²) in [6.07, 6.45) is 4.59. The van der Waals surface area contributed by atoms with Gasteiger partial charge in [-0.25, -0.2) is 0 Å². The minimum Gasteiger partial charge on any atom is -0.466 e. The Hall–Kier alpha value is -0.570. The van der Waals surface area contributed by atoms with Crippen molar-refractivity contribution in [1.82, 2.24) is 4.90 Å². The highest BCUT2D eigenvalue weighted by Crippen LogP contribution is 2.18. The van der Waals surface area contributed by atoms with Gasteiger partial charge in [0, 0.05) is 6.54 Å². The molecule has 1 saturated heterocycles. The molecule has 0 bridgehead atoms. The zero-order valence-electron chi connectivity index (χ0n) is 10.00. The van der Waals surface area contributed by atoms with Crippen LogP contribution in [0, 0.1) is 5.92 Å². The lowest BCUT2D eigenvalue weighted by molar-refractivity contribution is -0.149. The van der Waals surface area contributed by atoms with E-state index < -0.39 is 0 Å². The van der Waals surface area contributed by atoms with Crippen LogP contribution >= 0.6 is 0 Å². The molecule has 0 radical (unpaired) electrons. The van der Waals surface area contributed by atoms with Gasteiger partial charge in [0.05, 0.1) is 12.5 Å². The Labute approximate surface area is 92.8 Å². The third kappa shape index (κ3) is 4.20. The van der Waals surface area contributed by atoms with Crippen LogP contribution in [0.4, 0.5) is 0 Å². The fourth-order valence-electron chi connectivity index (χ4n) is 2.09. The summed E-state index contributed by atoms with van der Waals surface area (Å²) in [5, 5.41) is 0. The van der Waals surface area contributed by atoms with Crippen molar-refractivity contribution >= 4 is 5.97 Å². The number of hydrogen-bond acceptors (Lipinski definition) is 3. The second-order valence-electron chi connectivity index (χ2n) is 4.25. The molecule has 0 saturated carbocycles. The molecule has 1 heterocycles. The zero-order chi connectivity index (χ0) is 11.1. The number of likely N-dealkylation sites (tertiary alicyclic amines) is 1. The number of piperidine rings is 1. The van der Waals surface area contributed by atoms with Crippen LogP contribution in [0.2, 0.25) is 0 Å². The number of carbonyl (C=O) groups is 1. The first-order chi connectivity index (χ1) is 7.27. The molecule has 88 valence electrons. The molecule has 1 fully saturated rings. The van der Waals surface area contributed by atoms with E-state index >= 15 is 0 Å². The average Bonchev–Trinajstić information content (AvgIpc) is 2.27. The number of ether oxygens (including phenoxy) is 1. The standard InChI is InChI=1S/C12H23NO2/c1-3-5-8-13-9-6-7-11(10-13)12(14)15-4-2/h11H,3-10H2,1-2H3. The molecule has 1 atom stereocenters. The van der Waals surface area contributed by atoms with E-state index in [2.05, 4.69) is 11.8 Å². The molecule has 1 aliphatic heterocycles. The Morgan fingerprint density at radius 2 is 2.27 bits per heavy atom. The van der Waals surface area contributed by atoms with Gasteiger partial charge in [0.1, 0.15) is 0 Å². The van der Waals surface area contributed by atoms with Crippen LogP contribution in [0.1, 0.15) is 39.5 Å². The van der Waals surface area contributed by atoms with Gasteiger partial charge < -0.3 is 9.64 Å². The van der Waals surface area contributed by atoms with E-state index in [0.29, 0.717) is 6.61 Å². The monoisotopic (exact) mass is 213 g/mol. The molecule has 1 aliphatic rings. The molecule has 3 nitrogen and oxygen atoms in total. The van der Waals surface area contributed by atoms with Crippen LogP contribution in [0.15, 0.2) is 0 Å². The van der Waals surface area contributed by atoms with E-state index in [-0.39, 0.29) is 11.9 Å². The van der Waals surface area contributed by atoms with Crippen LogP contribution < -0.4 is 0 Å². The Morgan fingerprint density at radius 3 is 2.93 bits per heavy atom. The third-order valence-corrected chi connectivity index (χ3v) is 2.95. The van der Waals surface area contributed by atoms with Crippen molar-refractivity contribution in [3.63, 3.8) is 0 Å². The molecule has 0 aromatic rings. The zero-order valence-corrected chi connectivity index (χ0v) is 10.00. The number of hydrogen-bond donors (Lipinski definition) is 0. The maximum Gasteiger partial charge on any atom is 0.310 e. The maximum atomic E-state index is 11.6. The first kappa shape index (κ1) is 12.5. The molecule has 3 heteroatoms. The highest BCUT2D eigenvalue weighted by atomic mass is 16.5. The largest absolute Gasteiger partial charge is 0.466 e. The van der Waals surface area contributed by atoms with Crippen LogP contribution in [0.3, 0.4) is 0 Å². The molecular weight excluding hydrogens is 190 g/mol. The number of rotatable bonds is 5. The van der Waals surface area contributed by atoms with E-state index in [1.165, 1.54) is 12.8 Å². The maximum absolute atomic E-state index is 11.6. The number of unbranched alkanes of at least 4 members (excludes halogenated alkanes) is 1. The van der Waals surface area contributed by atoms with Crippen molar-refractivity contribution in [1.29, 1.82) is 0 Å². The van der Waals surface area contributed by atoms with Gasteiger partial charge in [-0.15, -0.1) is 0 Å². The van der Waals surface area contributed by atoms with Gasteiger partial charge >= 0.3 is 5.97 Å². The van der Waals surface area contributed by atoms with E-state index in [0.717, 1.165) is 32.5 Å². The average molecular weight is 213 g/mol. The summed E-state index contributed by atoms with van der Waals surface area (Å²) in [5.41, 5.74) is 0. The molecule has 1 unspecified atom stereocenters. The lowest BCUT2D eigenvalue weighted by Gasteiger charge is -2.31. The lowest BCUT2D eigenvalue weighted by Crippen LogP contribution is -2.39. The van der Waals surface area contributed by atoms with E-state index in [4.69, 9.17) is 4.74 Å². The Kier molecular flexibility index (Phi) is 5.69. The first-order valence-corrected chi connectivity index (χ1v) is 6.16. The van der Waals surface area contributed by atoms with Crippen molar-refractivity contribution in [2.24, 2.45) is 5.92 Å². The van der Waals surface area contributed by atoms with Gasteiger partial charge in [-0.1, -0.05) is 13.3 Å². The van der Waals surface area contributed by atoms with Crippen LogP contribution in [0.5, 0.6) is 0 Å². The van der Waals surface area contributed by atoms with Gasteiger partial charge in [0.2, 0.25) is 0 Å². The smallest absolute Gasteiger partial charge is 0.310 e. The van der Waals surface area contributed by atoms with E-state index in [1.54, 1.807) is 0 Å². The Balaban J connectivity index is 2.31. The summed E-state index contributed by atoms with van der Waals surface area (Å²) in [7, 11) is 0. The molecular formula is C12H23NO2. The fraction of sp³-hybridized carbons (Fsp3) is 0.917. The molecule has 0 N–H and O–H groups in total. The second kappa shape index (κ2) is 6.83. The number of esters is 1. The van der Waals surface area contributed by atoms with Crippen LogP contribution in [-0.2, 0) is 9.53 Å². The quantitative estimate of drug-likeness (QED) is 0.655. The topological polar surface area (TPSA) is 29.5 Å². The molecule has 0 spiro atoms. The molecule has 0 aliphatic carbocycles. The fourth-order valence-corrected chi connectivity index (χ4v) is 2.09. The molecule has 1 rings (SSSR count). The van der Waals surface area contributed by atoms with E-state index in [1.807, 2.05) is 6.92 Å². The first-order valence-electron chi connectivity index (χ1n) is 6.16. The van der Waals surface area contributed by atoms with Gasteiger partial charge in [0.25, 0.3) is 0 Å².